The fourth-order valence-electron chi connectivity index (χ4n) is 10.3. The van der Waals surface area contributed by atoms with E-state index < -0.39 is 0 Å². The van der Waals surface area contributed by atoms with Crippen LogP contribution < -0.4 is 0 Å². The van der Waals surface area contributed by atoms with E-state index in [1.54, 1.807) is 5.57 Å². The van der Waals surface area contributed by atoms with Crippen LogP contribution in [0.2, 0.25) is 0 Å². The number of fused-ring (bicyclic) bond motifs is 7. The standard InChI is InChI=1S/C32H48O3/c1-27(2)23-11-14-32(7)24(30(23,5)13-12-25(27)33)10-9-21-22-19-28(3,20-26(34)35-8)15-16-29(22,4)17-18-31(21,32)6/h9,12-13,22-24H,10-11,14-20H2,1-8H3/t22-,23-,24?,28-,29+,30-,31+,32+/m0/s1. The molecule has 5 aliphatic carbocycles. The van der Waals surface area contributed by atoms with Gasteiger partial charge in [0, 0.05) is 5.41 Å². The number of carbonyl (C=O) groups is 2. The van der Waals surface area contributed by atoms with Gasteiger partial charge < -0.3 is 4.74 Å². The Labute approximate surface area is 213 Å². The van der Waals surface area contributed by atoms with Crippen LogP contribution in [0.1, 0.15) is 106 Å². The van der Waals surface area contributed by atoms with Crippen molar-refractivity contribution in [3.05, 3.63) is 23.8 Å². The Morgan fingerprint density at radius 2 is 1.66 bits per heavy atom. The van der Waals surface area contributed by atoms with Crippen LogP contribution in [0, 0.1) is 50.2 Å². The van der Waals surface area contributed by atoms with Gasteiger partial charge in [-0.2, -0.15) is 0 Å². The molecule has 0 aromatic carbocycles. The predicted molar refractivity (Wildman–Crippen MR) is 141 cm³/mol. The molecule has 8 atom stereocenters. The first kappa shape index (κ1) is 25.3. The molecule has 1 unspecified atom stereocenters. The SMILES string of the molecule is COC(=O)C[C@@]1(C)CC[C@]2(C)CC[C@]3(C)C(=CCC4[C@@]5(C)C=CC(=O)C(C)(C)[C@@H]5CC[C@]43C)[C@@H]2C1. The van der Waals surface area contributed by atoms with Crippen LogP contribution in [0.5, 0.6) is 0 Å². The summed E-state index contributed by atoms with van der Waals surface area (Å²) in [6.45, 7) is 16.9. The minimum absolute atomic E-state index is 0.0221. The van der Waals surface area contributed by atoms with Crippen molar-refractivity contribution in [2.45, 2.75) is 106 Å². The second-order valence-corrected chi connectivity index (χ2v) is 15.0. The van der Waals surface area contributed by atoms with Crippen LogP contribution in [-0.4, -0.2) is 18.9 Å². The van der Waals surface area contributed by atoms with Gasteiger partial charge in [0.1, 0.15) is 0 Å². The normalized spacial score (nSPS) is 50.2. The van der Waals surface area contributed by atoms with Gasteiger partial charge in [0.15, 0.2) is 5.78 Å². The van der Waals surface area contributed by atoms with E-state index in [9.17, 15) is 9.59 Å². The third-order valence-corrected chi connectivity index (χ3v) is 13.0. The molecule has 0 heterocycles. The lowest BCUT2D eigenvalue weighted by atomic mass is 9.34. The van der Waals surface area contributed by atoms with Crippen LogP contribution in [0.25, 0.3) is 0 Å². The number of rotatable bonds is 2. The van der Waals surface area contributed by atoms with E-state index in [0.717, 1.165) is 25.7 Å². The molecule has 0 amide bonds. The van der Waals surface area contributed by atoms with Crippen molar-refractivity contribution in [2.75, 3.05) is 7.11 Å². The summed E-state index contributed by atoms with van der Waals surface area (Å²) in [5.74, 6) is 1.76. The average Bonchev–Trinajstić information content (AvgIpc) is 2.78. The van der Waals surface area contributed by atoms with Gasteiger partial charge in [-0.1, -0.05) is 66.2 Å². The minimum atomic E-state index is -0.278. The van der Waals surface area contributed by atoms with Crippen molar-refractivity contribution >= 4 is 11.8 Å². The first-order chi connectivity index (χ1) is 16.2. The molecule has 0 saturated heterocycles. The molecule has 194 valence electrons. The van der Waals surface area contributed by atoms with E-state index in [4.69, 9.17) is 4.74 Å². The van der Waals surface area contributed by atoms with Crippen molar-refractivity contribution in [1.29, 1.82) is 0 Å². The van der Waals surface area contributed by atoms with Crippen molar-refractivity contribution in [2.24, 2.45) is 50.2 Å². The zero-order valence-corrected chi connectivity index (χ0v) is 23.6. The largest absolute Gasteiger partial charge is 0.469 e. The number of ketones is 1. The maximum Gasteiger partial charge on any atom is 0.306 e. The molecule has 3 nitrogen and oxygen atoms in total. The molecule has 5 aliphatic rings. The summed E-state index contributed by atoms with van der Waals surface area (Å²) in [7, 11) is 1.52. The second-order valence-electron chi connectivity index (χ2n) is 15.0. The Hall–Kier alpha value is -1.38. The molecule has 0 bridgehead atoms. The fourth-order valence-corrected chi connectivity index (χ4v) is 10.3. The van der Waals surface area contributed by atoms with Gasteiger partial charge in [-0.15, -0.1) is 0 Å². The monoisotopic (exact) mass is 480 g/mol. The summed E-state index contributed by atoms with van der Waals surface area (Å²) in [6.07, 6.45) is 16.8. The molecule has 0 spiro atoms. The van der Waals surface area contributed by atoms with Gasteiger partial charge in [0.05, 0.1) is 13.5 Å². The average molecular weight is 481 g/mol. The van der Waals surface area contributed by atoms with Crippen LogP contribution >= 0.6 is 0 Å². The summed E-state index contributed by atoms with van der Waals surface area (Å²) in [6, 6.07) is 0. The molecule has 0 radical (unpaired) electrons. The number of hydrogen-bond acceptors (Lipinski definition) is 3. The highest BCUT2D eigenvalue weighted by Crippen LogP contribution is 2.74. The summed E-state index contributed by atoms with van der Waals surface area (Å²) >= 11 is 0. The van der Waals surface area contributed by atoms with Gasteiger partial charge >= 0.3 is 5.97 Å². The molecule has 3 heteroatoms. The molecular weight excluding hydrogens is 432 g/mol. The lowest BCUT2D eigenvalue weighted by Gasteiger charge is -2.70. The topological polar surface area (TPSA) is 43.4 Å². The molecule has 0 aromatic heterocycles. The lowest BCUT2D eigenvalue weighted by Crippen LogP contribution is -2.63. The number of carbonyl (C=O) groups excluding carboxylic acids is 2. The fraction of sp³-hybridized carbons (Fsp3) is 0.812. The van der Waals surface area contributed by atoms with Gasteiger partial charge in [-0.05, 0) is 102 Å². The summed E-state index contributed by atoms with van der Waals surface area (Å²) in [4.78, 5) is 25.2. The van der Waals surface area contributed by atoms with E-state index in [1.807, 2.05) is 6.08 Å². The number of allylic oxidation sites excluding steroid dienone is 4. The maximum atomic E-state index is 12.9. The number of methoxy groups -OCH3 is 1. The van der Waals surface area contributed by atoms with Crippen molar-refractivity contribution in [3.63, 3.8) is 0 Å². The van der Waals surface area contributed by atoms with Gasteiger partial charge in [0.25, 0.3) is 0 Å². The first-order valence-corrected chi connectivity index (χ1v) is 14.2. The Balaban J connectivity index is 1.55. The van der Waals surface area contributed by atoms with Gasteiger partial charge in [0.2, 0.25) is 0 Å². The Morgan fingerprint density at radius 3 is 2.34 bits per heavy atom. The number of hydrogen-bond donors (Lipinski definition) is 0. The van der Waals surface area contributed by atoms with Crippen molar-refractivity contribution in [1.82, 2.24) is 0 Å². The second kappa shape index (κ2) is 7.57. The van der Waals surface area contributed by atoms with E-state index in [0.29, 0.717) is 35.4 Å². The molecule has 5 rings (SSSR count). The third kappa shape index (κ3) is 3.28. The Bertz CT molecular complexity index is 1000. The molecule has 0 aliphatic heterocycles. The summed E-state index contributed by atoms with van der Waals surface area (Å²) < 4.78 is 5.09. The highest BCUT2D eigenvalue weighted by atomic mass is 16.5. The maximum absolute atomic E-state index is 12.9. The zero-order valence-electron chi connectivity index (χ0n) is 23.6. The number of esters is 1. The quantitative estimate of drug-likeness (QED) is 0.300. The number of ether oxygens (including phenoxy) is 1. The molecule has 35 heavy (non-hydrogen) atoms. The zero-order chi connectivity index (χ0) is 25.7. The first-order valence-electron chi connectivity index (χ1n) is 14.2. The third-order valence-electron chi connectivity index (χ3n) is 13.0. The molecule has 3 fully saturated rings. The van der Waals surface area contributed by atoms with Gasteiger partial charge in [-0.3, -0.25) is 9.59 Å². The van der Waals surface area contributed by atoms with E-state index >= 15 is 0 Å². The smallest absolute Gasteiger partial charge is 0.306 e. The Kier molecular flexibility index (Phi) is 5.47. The minimum Gasteiger partial charge on any atom is -0.469 e. The van der Waals surface area contributed by atoms with Crippen LogP contribution in [0.15, 0.2) is 23.8 Å². The highest BCUT2D eigenvalue weighted by molar-refractivity contribution is 5.95. The molecule has 3 saturated carbocycles. The van der Waals surface area contributed by atoms with E-state index in [1.165, 1.54) is 32.8 Å². The van der Waals surface area contributed by atoms with Crippen molar-refractivity contribution in [3.8, 4) is 0 Å². The lowest BCUT2D eigenvalue weighted by molar-refractivity contribution is -0.160. The highest BCUT2D eigenvalue weighted by Gasteiger charge is 2.67. The van der Waals surface area contributed by atoms with Crippen molar-refractivity contribution < 1.29 is 14.3 Å². The summed E-state index contributed by atoms with van der Waals surface area (Å²) in [5, 5.41) is 0. The molecule has 0 N–H and O–H groups in total. The van der Waals surface area contributed by atoms with Crippen LogP contribution in [0.3, 0.4) is 0 Å². The van der Waals surface area contributed by atoms with E-state index in [2.05, 4.69) is 60.6 Å². The van der Waals surface area contributed by atoms with Crippen LogP contribution in [-0.2, 0) is 14.3 Å². The van der Waals surface area contributed by atoms with Gasteiger partial charge in [-0.25, -0.2) is 0 Å². The Morgan fingerprint density at radius 1 is 0.971 bits per heavy atom. The molecule has 0 aromatic rings. The van der Waals surface area contributed by atoms with Crippen LogP contribution in [0.4, 0.5) is 0 Å². The molecular formula is C32H48O3. The van der Waals surface area contributed by atoms with E-state index in [-0.39, 0.29) is 33.0 Å². The summed E-state index contributed by atoms with van der Waals surface area (Å²) in [5.41, 5.74) is 2.25. The predicted octanol–water partition coefficient (Wildman–Crippen LogP) is 7.70.